The van der Waals surface area contributed by atoms with Crippen molar-refractivity contribution in [1.82, 2.24) is 0 Å². The zero-order valence-corrected chi connectivity index (χ0v) is 9.78. The molecule has 0 unspecified atom stereocenters. The van der Waals surface area contributed by atoms with E-state index in [-0.39, 0.29) is 5.56 Å². The van der Waals surface area contributed by atoms with Crippen LogP contribution >= 0.6 is 0 Å². The smallest absolute Gasteiger partial charge is 0.187 e. The number of para-hydroxylation sites is 1. The van der Waals surface area contributed by atoms with E-state index in [1.54, 1.807) is 0 Å². The van der Waals surface area contributed by atoms with Crippen molar-refractivity contribution in [3.63, 3.8) is 0 Å². The molecule has 0 radical (unpaired) electrons. The van der Waals surface area contributed by atoms with Crippen molar-refractivity contribution in [3.8, 4) is 11.5 Å². The van der Waals surface area contributed by atoms with Crippen LogP contribution in [-0.4, -0.2) is 16.5 Å². The lowest BCUT2D eigenvalue weighted by molar-refractivity contribution is 0.112. The summed E-state index contributed by atoms with van der Waals surface area (Å²) in [5, 5.41) is 17.0. The second kappa shape index (κ2) is 6.55. The Morgan fingerprint density at radius 3 is 1.55 bits per heavy atom. The van der Waals surface area contributed by atoms with Gasteiger partial charge >= 0.3 is 0 Å². The van der Waals surface area contributed by atoms with Crippen LogP contribution in [0.2, 0.25) is 0 Å². The highest BCUT2D eigenvalue weighted by Gasteiger charge is 2.08. The van der Waals surface area contributed by atoms with Crippen LogP contribution in [0.5, 0.6) is 11.5 Å². The third-order valence-corrected chi connectivity index (χ3v) is 2.11. The maximum Gasteiger partial charge on any atom is 0.187 e. The first-order valence-corrected chi connectivity index (χ1v) is 5.13. The molecule has 0 aromatic heterocycles. The summed E-state index contributed by atoms with van der Waals surface area (Å²) >= 11 is 0. The Morgan fingerprint density at radius 2 is 1.20 bits per heavy atom. The number of carbonyl (C=O) groups excluding carboxylic acids is 1. The Bertz CT molecular complexity index is 586. The number of halogens is 4. The summed E-state index contributed by atoms with van der Waals surface area (Å²) < 4.78 is 48.9. The van der Waals surface area contributed by atoms with Gasteiger partial charge in [-0.05, 0) is 24.3 Å². The van der Waals surface area contributed by atoms with Crippen LogP contribution in [0.25, 0.3) is 0 Å². The van der Waals surface area contributed by atoms with Crippen LogP contribution in [0.3, 0.4) is 0 Å². The molecule has 0 aliphatic rings. The number of aromatic hydroxyl groups is 2. The zero-order chi connectivity index (χ0) is 15.3. The van der Waals surface area contributed by atoms with Crippen molar-refractivity contribution in [2.24, 2.45) is 0 Å². The second-order valence-corrected chi connectivity index (χ2v) is 3.52. The summed E-state index contributed by atoms with van der Waals surface area (Å²) in [5.41, 5.74) is -0.141. The molecule has 0 heterocycles. The molecular weight excluding hydrogens is 280 g/mol. The van der Waals surface area contributed by atoms with E-state index >= 15 is 0 Å². The lowest BCUT2D eigenvalue weighted by atomic mass is 10.2. The molecular formula is C13H8F4O3. The van der Waals surface area contributed by atoms with Crippen molar-refractivity contribution in [2.45, 2.75) is 0 Å². The Labute approximate surface area is 110 Å². The van der Waals surface area contributed by atoms with E-state index in [2.05, 4.69) is 0 Å². The number of aldehydes is 1. The molecule has 0 saturated carbocycles. The third kappa shape index (κ3) is 3.71. The lowest BCUT2D eigenvalue weighted by Gasteiger charge is -1.96. The van der Waals surface area contributed by atoms with Crippen molar-refractivity contribution < 1.29 is 32.6 Å². The molecule has 2 aromatic carbocycles. The van der Waals surface area contributed by atoms with Gasteiger partial charge in [0.05, 0.1) is 0 Å². The number of phenolic OH excluding ortho intramolecular Hbond substituents is 2. The summed E-state index contributed by atoms with van der Waals surface area (Å²) in [5.74, 6) is -6.11. The average Bonchev–Trinajstić information content (AvgIpc) is 2.42. The summed E-state index contributed by atoms with van der Waals surface area (Å²) in [6.07, 6.45) is 0.297. The van der Waals surface area contributed by atoms with Gasteiger partial charge in [-0.3, -0.25) is 4.79 Å². The van der Waals surface area contributed by atoms with Gasteiger partial charge in [-0.2, -0.15) is 0 Å². The molecule has 0 spiro atoms. The van der Waals surface area contributed by atoms with Crippen LogP contribution in [0, 0.1) is 23.3 Å². The molecule has 0 bridgehead atoms. The van der Waals surface area contributed by atoms with E-state index in [0.29, 0.717) is 6.29 Å². The minimum Gasteiger partial charge on any atom is -0.503 e. The molecule has 0 aliphatic carbocycles. The molecule has 2 N–H and O–H groups in total. The third-order valence-electron chi connectivity index (χ3n) is 2.11. The van der Waals surface area contributed by atoms with Gasteiger partial charge in [0.25, 0.3) is 0 Å². The predicted octanol–water partition coefficient (Wildman–Crippen LogP) is 3.15. The molecule has 2 aromatic rings. The van der Waals surface area contributed by atoms with Crippen molar-refractivity contribution in [2.75, 3.05) is 0 Å². The maximum atomic E-state index is 12.4. The molecule has 3 nitrogen and oxygen atoms in total. The van der Waals surface area contributed by atoms with E-state index in [1.165, 1.54) is 6.07 Å². The van der Waals surface area contributed by atoms with E-state index in [4.69, 9.17) is 10.2 Å². The Kier molecular flexibility index (Phi) is 5.08. The molecule has 7 heteroatoms. The summed E-state index contributed by atoms with van der Waals surface area (Å²) in [4.78, 5) is 10.0. The van der Waals surface area contributed by atoms with Gasteiger partial charge in [0, 0.05) is 5.56 Å². The molecule has 106 valence electrons. The normalized spacial score (nSPS) is 9.60. The summed E-state index contributed by atoms with van der Waals surface area (Å²) in [7, 11) is 0. The van der Waals surface area contributed by atoms with E-state index in [9.17, 15) is 22.4 Å². The highest BCUT2D eigenvalue weighted by Crippen LogP contribution is 2.20. The average molecular weight is 288 g/mol. The standard InChI is InChI=1S/C7H4F2O2.C6H4F2O/c8-5-1-4(3-10)2-6(9)7(5)11;7-4-2-1-3-5(8)6(4)9/h1-3,11H;1-3,9H. The molecule has 0 fully saturated rings. The van der Waals surface area contributed by atoms with Gasteiger partial charge in [0.15, 0.2) is 34.8 Å². The molecule has 20 heavy (non-hydrogen) atoms. The van der Waals surface area contributed by atoms with Crippen LogP contribution in [0.1, 0.15) is 10.4 Å². The van der Waals surface area contributed by atoms with Crippen molar-refractivity contribution >= 4 is 6.29 Å². The monoisotopic (exact) mass is 288 g/mol. The number of rotatable bonds is 1. The van der Waals surface area contributed by atoms with Crippen molar-refractivity contribution in [3.05, 3.63) is 59.2 Å². The number of hydrogen-bond acceptors (Lipinski definition) is 3. The molecule has 0 saturated heterocycles. The van der Waals surface area contributed by atoms with Gasteiger partial charge < -0.3 is 10.2 Å². The highest BCUT2D eigenvalue weighted by atomic mass is 19.1. The SMILES string of the molecule is O=Cc1cc(F)c(O)c(F)c1.Oc1c(F)cccc1F. The predicted molar refractivity (Wildman–Crippen MR) is 61.4 cm³/mol. The minimum absolute atomic E-state index is 0.141. The lowest BCUT2D eigenvalue weighted by Crippen LogP contribution is -1.87. The first-order valence-electron chi connectivity index (χ1n) is 5.13. The van der Waals surface area contributed by atoms with Gasteiger partial charge in [-0.15, -0.1) is 0 Å². The maximum absolute atomic E-state index is 12.4. The van der Waals surface area contributed by atoms with Gasteiger partial charge in [-0.25, -0.2) is 17.6 Å². The van der Waals surface area contributed by atoms with Crippen LogP contribution < -0.4 is 0 Å². The number of hydrogen-bond donors (Lipinski definition) is 2. The largest absolute Gasteiger partial charge is 0.503 e. The number of phenols is 2. The zero-order valence-electron chi connectivity index (χ0n) is 9.78. The van der Waals surface area contributed by atoms with Gasteiger partial charge in [0.2, 0.25) is 0 Å². The topological polar surface area (TPSA) is 57.5 Å². The van der Waals surface area contributed by atoms with Crippen LogP contribution in [0.15, 0.2) is 30.3 Å². The summed E-state index contributed by atoms with van der Waals surface area (Å²) in [6.45, 7) is 0. The van der Waals surface area contributed by atoms with E-state index in [1.807, 2.05) is 0 Å². The first-order chi connectivity index (χ1) is 9.36. The Morgan fingerprint density at radius 1 is 0.800 bits per heavy atom. The second-order valence-electron chi connectivity index (χ2n) is 3.52. The number of benzene rings is 2. The quantitative estimate of drug-likeness (QED) is 0.626. The Balaban J connectivity index is 0.000000204. The van der Waals surface area contributed by atoms with Crippen molar-refractivity contribution in [1.29, 1.82) is 0 Å². The fourth-order valence-corrected chi connectivity index (χ4v) is 1.14. The highest BCUT2D eigenvalue weighted by molar-refractivity contribution is 5.75. The molecule has 0 aliphatic heterocycles. The molecule has 0 amide bonds. The minimum atomic E-state index is -1.13. The Hall–Kier alpha value is -2.57. The fraction of sp³-hybridized carbons (Fsp3) is 0. The van der Waals surface area contributed by atoms with Gasteiger partial charge in [0.1, 0.15) is 6.29 Å². The van der Waals surface area contributed by atoms with Gasteiger partial charge in [-0.1, -0.05) is 6.07 Å². The van der Waals surface area contributed by atoms with E-state index in [0.717, 1.165) is 24.3 Å². The van der Waals surface area contributed by atoms with Crippen LogP contribution in [0.4, 0.5) is 17.6 Å². The van der Waals surface area contributed by atoms with E-state index < -0.39 is 34.8 Å². The first kappa shape index (κ1) is 15.5. The fourth-order valence-electron chi connectivity index (χ4n) is 1.14. The van der Waals surface area contributed by atoms with Crippen LogP contribution in [-0.2, 0) is 0 Å². The molecule has 0 atom stereocenters. The number of carbonyl (C=O) groups is 1. The summed E-state index contributed by atoms with van der Waals surface area (Å²) in [6, 6.07) is 4.66. The molecule has 2 rings (SSSR count).